The highest BCUT2D eigenvalue weighted by atomic mass is 16.2. The van der Waals surface area contributed by atoms with Crippen molar-refractivity contribution in [3.05, 3.63) is 53.7 Å². The summed E-state index contributed by atoms with van der Waals surface area (Å²) < 4.78 is 1.96. The number of hydrogen-bond donors (Lipinski definition) is 2. The van der Waals surface area contributed by atoms with Gasteiger partial charge >= 0.3 is 0 Å². The van der Waals surface area contributed by atoms with E-state index in [9.17, 15) is 19.2 Å². The van der Waals surface area contributed by atoms with Crippen molar-refractivity contribution < 1.29 is 19.2 Å². The van der Waals surface area contributed by atoms with Gasteiger partial charge < -0.3 is 29.6 Å². The molecular formula is C34H47N7O4. The van der Waals surface area contributed by atoms with Gasteiger partial charge in [0.05, 0.1) is 17.8 Å². The van der Waals surface area contributed by atoms with Crippen molar-refractivity contribution in [3.8, 4) is 0 Å². The zero-order chi connectivity index (χ0) is 32.3. The lowest BCUT2D eigenvalue weighted by Gasteiger charge is -2.54. The number of benzene rings is 1. The van der Waals surface area contributed by atoms with E-state index in [1.807, 2.05) is 41.3 Å². The fourth-order valence-corrected chi connectivity index (χ4v) is 7.22. The largest absolute Gasteiger partial charge is 0.356 e. The Bertz CT molecular complexity index is 1540. The maximum absolute atomic E-state index is 14.2. The molecule has 0 radical (unpaired) electrons. The third kappa shape index (κ3) is 6.35. The molecule has 0 spiro atoms. The highest BCUT2D eigenvalue weighted by Gasteiger charge is 2.57. The monoisotopic (exact) mass is 617 g/mol. The molecule has 2 N–H and O–H groups in total. The van der Waals surface area contributed by atoms with Crippen LogP contribution < -0.4 is 5.32 Å². The van der Waals surface area contributed by atoms with Crippen LogP contribution in [0.25, 0.3) is 10.9 Å². The number of imidazole rings is 1. The van der Waals surface area contributed by atoms with Crippen LogP contribution in [0.3, 0.4) is 0 Å². The molecule has 0 aliphatic carbocycles. The molecule has 4 amide bonds. The minimum atomic E-state index is -0.873. The molecule has 3 atom stereocenters. The molecule has 3 aromatic rings. The Hall–Kier alpha value is -4.15. The number of nitrogens with one attached hydrogen (secondary N) is 2. The van der Waals surface area contributed by atoms with Gasteiger partial charge in [0.15, 0.2) is 0 Å². The van der Waals surface area contributed by atoms with Gasteiger partial charge in [-0.3, -0.25) is 19.2 Å². The number of fused-ring (bicyclic) bond motifs is 5. The van der Waals surface area contributed by atoms with Crippen molar-refractivity contribution in [1.29, 1.82) is 0 Å². The standard InChI is InChI=1S/C34H47N7O4/c1-6-40(7-2)33(45)27-20-24(21-29(42)36-14-8-16-39-18-15-35-22-39)32(44)41-17-13-26-25-11-9-23(10-12-30(43)38(4)5)19-28(25)37-31(26)34(27,41)3/h9,11,15,18-19,22,24,27,37H,6-8,10,12-14,16-17,20-21H2,1-5H3,(H,36,42)/t24-,27-,34+/m1/s1. The van der Waals surface area contributed by atoms with E-state index in [1.165, 1.54) is 0 Å². The van der Waals surface area contributed by atoms with Crippen LogP contribution in [0.1, 0.15) is 63.3 Å². The fraction of sp³-hybridized carbons (Fsp3) is 0.559. The lowest BCUT2D eigenvalue weighted by Crippen LogP contribution is -2.64. The molecule has 1 fully saturated rings. The maximum atomic E-state index is 14.2. The molecule has 5 rings (SSSR count). The van der Waals surface area contributed by atoms with Gasteiger partial charge in [-0.25, -0.2) is 4.98 Å². The van der Waals surface area contributed by atoms with E-state index >= 15 is 0 Å². The topological polar surface area (TPSA) is 124 Å². The van der Waals surface area contributed by atoms with Gasteiger partial charge in [-0.2, -0.15) is 0 Å². The predicted octanol–water partition coefficient (Wildman–Crippen LogP) is 3.09. The second-order valence-electron chi connectivity index (χ2n) is 12.7. The van der Waals surface area contributed by atoms with Crippen molar-refractivity contribution in [3.63, 3.8) is 0 Å². The van der Waals surface area contributed by atoms with Crippen molar-refractivity contribution in [2.45, 2.75) is 71.4 Å². The zero-order valence-electron chi connectivity index (χ0n) is 27.3. The van der Waals surface area contributed by atoms with Crippen LogP contribution in [-0.2, 0) is 44.1 Å². The summed E-state index contributed by atoms with van der Waals surface area (Å²) in [5, 5.41) is 4.07. The second-order valence-corrected chi connectivity index (χ2v) is 12.7. The zero-order valence-corrected chi connectivity index (χ0v) is 27.3. The number of rotatable bonds is 12. The van der Waals surface area contributed by atoms with Crippen LogP contribution in [0.15, 0.2) is 36.9 Å². The van der Waals surface area contributed by atoms with Gasteiger partial charge in [-0.1, -0.05) is 12.1 Å². The molecule has 0 unspecified atom stereocenters. The van der Waals surface area contributed by atoms with E-state index in [4.69, 9.17) is 0 Å². The molecule has 4 heterocycles. The Balaban J connectivity index is 1.40. The molecule has 1 aromatic carbocycles. The van der Waals surface area contributed by atoms with Crippen LogP contribution in [0.4, 0.5) is 0 Å². The van der Waals surface area contributed by atoms with Gasteiger partial charge in [-0.15, -0.1) is 0 Å². The normalized spacial score (nSPS) is 20.9. The number of aryl methyl sites for hydroxylation is 2. The third-order valence-electron chi connectivity index (χ3n) is 9.84. The summed E-state index contributed by atoms with van der Waals surface area (Å²) in [5.74, 6) is -1.20. The second kappa shape index (κ2) is 13.5. The first-order valence-corrected chi connectivity index (χ1v) is 16.2. The highest BCUT2D eigenvalue weighted by Crippen LogP contribution is 2.50. The van der Waals surface area contributed by atoms with Crippen molar-refractivity contribution in [1.82, 2.24) is 34.6 Å². The average molecular weight is 618 g/mol. The molecule has 11 heteroatoms. The lowest BCUT2D eigenvalue weighted by atomic mass is 9.67. The van der Waals surface area contributed by atoms with E-state index < -0.39 is 17.4 Å². The summed E-state index contributed by atoms with van der Waals surface area (Å²) in [5.41, 5.74) is 3.19. The van der Waals surface area contributed by atoms with Crippen LogP contribution in [0, 0.1) is 11.8 Å². The third-order valence-corrected chi connectivity index (χ3v) is 9.84. The van der Waals surface area contributed by atoms with Crippen LogP contribution in [0.5, 0.6) is 0 Å². The molecule has 2 aliphatic rings. The Kier molecular flexibility index (Phi) is 9.65. The predicted molar refractivity (Wildman–Crippen MR) is 172 cm³/mol. The van der Waals surface area contributed by atoms with Gasteiger partial charge in [0.25, 0.3) is 0 Å². The minimum Gasteiger partial charge on any atom is -0.356 e. The number of piperidine rings is 1. The summed E-state index contributed by atoms with van der Waals surface area (Å²) in [6.45, 7) is 8.86. The molecule has 45 heavy (non-hydrogen) atoms. The summed E-state index contributed by atoms with van der Waals surface area (Å²) in [4.78, 5) is 66.5. The summed E-state index contributed by atoms with van der Waals surface area (Å²) in [6, 6.07) is 6.27. The summed E-state index contributed by atoms with van der Waals surface area (Å²) >= 11 is 0. The van der Waals surface area contributed by atoms with E-state index in [2.05, 4.69) is 33.5 Å². The average Bonchev–Trinajstić information content (AvgIpc) is 3.68. The molecule has 0 saturated carbocycles. The minimum absolute atomic E-state index is 0.0140. The Labute approximate surface area is 265 Å². The lowest BCUT2D eigenvalue weighted by molar-refractivity contribution is -0.164. The van der Waals surface area contributed by atoms with Gasteiger partial charge in [0, 0.05) is 94.6 Å². The van der Waals surface area contributed by atoms with Gasteiger partial charge in [-0.05, 0) is 63.6 Å². The molecule has 2 aromatic heterocycles. The number of amides is 4. The molecular weight excluding hydrogens is 570 g/mol. The smallest absolute Gasteiger partial charge is 0.228 e. The molecule has 0 bridgehead atoms. The van der Waals surface area contributed by atoms with Crippen molar-refractivity contribution in [2.24, 2.45) is 11.8 Å². The number of aromatic amines is 1. The molecule has 1 saturated heterocycles. The van der Waals surface area contributed by atoms with Crippen molar-refractivity contribution >= 4 is 34.5 Å². The Morgan fingerprint density at radius 1 is 1.18 bits per heavy atom. The van der Waals surface area contributed by atoms with Crippen molar-refractivity contribution in [2.75, 3.05) is 40.3 Å². The van der Waals surface area contributed by atoms with E-state index in [1.54, 1.807) is 31.5 Å². The number of carbonyl (C=O) groups excluding carboxylic acids is 4. The Morgan fingerprint density at radius 2 is 1.96 bits per heavy atom. The van der Waals surface area contributed by atoms with Gasteiger partial charge in [0.1, 0.15) is 0 Å². The summed E-state index contributed by atoms with van der Waals surface area (Å²) in [7, 11) is 3.53. The maximum Gasteiger partial charge on any atom is 0.228 e. The quantitative estimate of drug-likeness (QED) is 0.303. The van der Waals surface area contributed by atoms with E-state index in [-0.39, 0.29) is 30.0 Å². The number of carbonyl (C=O) groups is 4. The SMILES string of the molecule is CCN(CC)C(=O)[C@H]1C[C@H](CC(=O)NCCCn2ccnc2)C(=O)N2CCc3c([nH]c4cc(CCC(=O)N(C)C)ccc34)[C@]12C. The first-order chi connectivity index (χ1) is 21.6. The van der Waals surface area contributed by atoms with Crippen LogP contribution in [-0.4, -0.2) is 93.1 Å². The fourth-order valence-electron chi connectivity index (χ4n) is 7.22. The van der Waals surface area contributed by atoms with Gasteiger partial charge in [0.2, 0.25) is 23.6 Å². The number of H-pyrrole nitrogens is 1. The van der Waals surface area contributed by atoms with Crippen LogP contribution >= 0.6 is 0 Å². The first kappa shape index (κ1) is 32.2. The molecule has 242 valence electrons. The summed E-state index contributed by atoms with van der Waals surface area (Å²) in [6.07, 6.45) is 8.22. The number of hydrogen-bond acceptors (Lipinski definition) is 5. The number of aromatic nitrogens is 3. The first-order valence-electron chi connectivity index (χ1n) is 16.2. The highest BCUT2D eigenvalue weighted by molar-refractivity contribution is 5.93. The molecule has 11 nitrogen and oxygen atoms in total. The molecule has 2 aliphatic heterocycles. The van der Waals surface area contributed by atoms with E-state index in [0.717, 1.165) is 40.7 Å². The Morgan fingerprint density at radius 3 is 2.64 bits per heavy atom. The number of nitrogens with zero attached hydrogens (tertiary/aromatic N) is 5. The van der Waals surface area contributed by atoms with Crippen LogP contribution in [0.2, 0.25) is 0 Å². The van der Waals surface area contributed by atoms with E-state index in [0.29, 0.717) is 51.9 Å².